The standard InChI is InChI=1S/C16H15N5O/c17-12-6-8-13(9-7-12)18-16-19-15(22)14(20-21-16)10-11-4-2-1-3-5-11/h1-9H,10,17H2,(H2,18,19,21,22). The van der Waals surface area contributed by atoms with Crippen molar-refractivity contribution in [3.05, 3.63) is 76.2 Å². The highest BCUT2D eigenvalue weighted by atomic mass is 16.1. The molecule has 6 heteroatoms. The number of benzene rings is 2. The summed E-state index contributed by atoms with van der Waals surface area (Å²) in [5.74, 6) is 0.298. The van der Waals surface area contributed by atoms with E-state index in [1.165, 1.54) is 0 Å². The van der Waals surface area contributed by atoms with Gasteiger partial charge in [-0.15, -0.1) is 10.2 Å². The number of nitrogen functional groups attached to an aromatic ring is 1. The van der Waals surface area contributed by atoms with E-state index in [4.69, 9.17) is 5.73 Å². The summed E-state index contributed by atoms with van der Waals surface area (Å²) in [5.41, 5.74) is 8.21. The molecule has 2 aromatic carbocycles. The van der Waals surface area contributed by atoms with Gasteiger partial charge in [0.2, 0.25) is 5.95 Å². The third-order valence-corrected chi connectivity index (χ3v) is 3.15. The van der Waals surface area contributed by atoms with Crippen molar-refractivity contribution >= 4 is 17.3 Å². The van der Waals surface area contributed by atoms with Crippen molar-refractivity contribution in [3.8, 4) is 0 Å². The van der Waals surface area contributed by atoms with E-state index in [9.17, 15) is 4.79 Å². The largest absolute Gasteiger partial charge is 0.399 e. The molecule has 0 radical (unpaired) electrons. The van der Waals surface area contributed by atoms with Crippen LogP contribution in [0.5, 0.6) is 0 Å². The van der Waals surface area contributed by atoms with Gasteiger partial charge in [0.15, 0.2) is 0 Å². The zero-order valence-corrected chi connectivity index (χ0v) is 11.8. The van der Waals surface area contributed by atoms with Gasteiger partial charge >= 0.3 is 0 Å². The van der Waals surface area contributed by atoms with E-state index in [0.29, 0.717) is 23.8 Å². The van der Waals surface area contributed by atoms with Crippen LogP contribution in [0.3, 0.4) is 0 Å². The highest BCUT2D eigenvalue weighted by Gasteiger charge is 2.06. The van der Waals surface area contributed by atoms with Crippen molar-refractivity contribution in [2.24, 2.45) is 0 Å². The lowest BCUT2D eigenvalue weighted by Crippen LogP contribution is -2.18. The Balaban J connectivity index is 1.77. The first kappa shape index (κ1) is 13.8. The predicted octanol–water partition coefficient (Wildman–Crippen LogP) is 2.08. The van der Waals surface area contributed by atoms with Crippen molar-refractivity contribution in [2.45, 2.75) is 6.42 Å². The lowest BCUT2D eigenvalue weighted by atomic mass is 10.1. The Hall–Kier alpha value is -3.15. The van der Waals surface area contributed by atoms with Gasteiger partial charge in [0.05, 0.1) is 0 Å². The minimum atomic E-state index is -0.253. The molecule has 0 aliphatic carbocycles. The number of nitrogens with one attached hydrogen (secondary N) is 2. The van der Waals surface area contributed by atoms with Crippen LogP contribution in [-0.2, 0) is 6.42 Å². The van der Waals surface area contributed by atoms with E-state index < -0.39 is 0 Å². The summed E-state index contributed by atoms with van der Waals surface area (Å²) in [5, 5.41) is 11.0. The quantitative estimate of drug-likeness (QED) is 0.640. The van der Waals surface area contributed by atoms with Crippen LogP contribution in [0.2, 0.25) is 0 Å². The summed E-state index contributed by atoms with van der Waals surface area (Å²) < 4.78 is 0. The van der Waals surface area contributed by atoms with Gasteiger partial charge in [-0.1, -0.05) is 30.3 Å². The molecule has 1 aromatic heterocycles. The van der Waals surface area contributed by atoms with Crippen LogP contribution < -0.4 is 16.6 Å². The van der Waals surface area contributed by atoms with Gasteiger partial charge in [0.1, 0.15) is 5.69 Å². The fourth-order valence-corrected chi connectivity index (χ4v) is 2.02. The first-order valence-electron chi connectivity index (χ1n) is 6.83. The summed E-state index contributed by atoms with van der Waals surface area (Å²) in [4.78, 5) is 14.8. The second-order valence-corrected chi connectivity index (χ2v) is 4.86. The third kappa shape index (κ3) is 3.29. The smallest absolute Gasteiger partial charge is 0.274 e. The van der Waals surface area contributed by atoms with Crippen LogP contribution in [-0.4, -0.2) is 15.2 Å². The van der Waals surface area contributed by atoms with Crippen LogP contribution >= 0.6 is 0 Å². The summed E-state index contributed by atoms with van der Waals surface area (Å²) >= 11 is 0. The number of hydrogen-bond acceptors (Lipinski definition) is 5. The summed E-state index contributed by atoms with van der Waals surface area (Å²) in [6.45, 7) is 0. The van der Waals surface area contributed by atoms with E-state index in [1.54, 1.807) is 24.3 Å². The van der Waals surface area contributed by atoms with Gasteiger partial charge in [-0.25, -0.2) is 0 Å². The molecular weight excluding hydrogens is 278 g/mol. The predicted molar refractivity (Wildman–Crippen MR) is 86.0 cm³/mol. The molecule has 0 saturated heterocycles. The SMILES string of the molecule is Nc1ccc(Nc2nnc(Cc3ccccc3)c(=O)[nH]2)cc1. The van der Waals surface area contributed by atoms with Crippen molar-refractivity contribution in [3.63, 3.8) is 0 Å². The molecule has 6 nitrogen and oxygen atoms in total. The van der Waals surface area contributed by atoms with Crippen LogP contribution in [0.1, 0.15) is 11.3 Å². The Morgan fingerprint density at radius 3 is 2.41 bits per heavy atom. The molecule has 0 fully saturated rings. The monoisotopic (exact) mass is 293 g/mol. The fourth-order valence-electron chi connectivity index (χ4n) is 2.02. The first-order chi connectivity index (χ1) is 10.7. The van der Waals surface area contributed by atoms with Crippen molar-refractivity contribution in [1.29, 1.82) is 0 Å². The topological polar surface area (TPSA) is 96.7 Å². The molecule has 0 aliphatic heterocycles. The molecule has 3 aromatic rings. The number of anilines is 3. The molecule has 0 aliphatic rings. The minimum Gasteiger partial charge on any atom is -0.399 e. The van der Waals surface area contributed by atoms with E-state index >= 15 is 0 Å². The fraction of sp³-hybridized carbons (Fsp3) is 0.0625. The Kier molecular flexibility index (Phi) is 3.82. The summed E-state index contributed by atoms with van der Waals surface area (Å²) in [7, 11) is 0. The average Bonchev–Trinajstić information content (AvgIpc) is 2.53. The van der Waals surface area contributed by atoms with E-state index in [2.05, 4.69) is 20.5 Å². The normalized spacial score (nSPS) is 10.4. The molecule has 0 spiro atoms. The van der Waals surface area contributed by atoms with Crippen LogP contribution in [0, 0.1) is 0 Å². The molecule has 1 heterocycles. The molecule has 110 valence electrons. The van der Waals surface area contributed by atoms with Gasteiger partial charge in [-0.05, 0) is 29.8 Å². The molecule has 0 bridgehead atoms. The van der Waals surface area contributed by atoms with Crippen molar-refractivity contribution < 1.29 is 0 Å². The highest BCUT2D eigenvalue weighted by Crippen LogP contribution is 2.13. The Morgan fingerprint density at radius 1 is 1.00 bits per heavy atom. The van der Waals surface area contributed by atoms with Crippen LogP contribution in [0.25, 0.3) is 0 Å². The molecular formula is C16H15N5O. The second kappa shape index (κ2) is 6.09. The molecule has 22 heavy (non-hydrogen) atoms. The number of nitrogens with two attached hydrogens (primary N) is 1. The van der Waals surface area contributed by atoms with Gasteiger partial charge in [0.25, 0.3) is 5.56 Å². The lowest BCUT2D eigenvalue weighted by molar-refractivity contribution is 0.874. The van der Waals surface area contributed by atoms with Gasteiger partial charge in [-0.3, -0.25) is 9.78 Å². The van der Waals surface area contributed by atoms with E-state index in [-0.39, 0.29) is 5.56 Å². The van der Waals surface area contributed by atoms with Crippen LogP contribution in [0.15, 0.2) is 59.4 Å². The average molecular weight is 293 g/mol. The number of aromatic nitrogens is 3. The Labute approximate surface area is 127 Å². The van der Waals surface area contributed by atoms with Gasteiger partial charge in [0, 0.05) is 17.8 Å². The lowest BCUT2D eigenvalue weighted by Gasteiger charge is -2.05. The Morgan fingerprint density at radius 2 is 1.73 bits per heavy atom. The minimum absolute atomic E-state index is 0.253. The van der Waals surface area contributed by atoms with Gasteiger partial charge < -0.3 is 11.1 Å². The van der Waals surface area contributed by atoms with Crippen molar-refractivity contribution in [1.82, 2.24) is 15.2 Å². The molecule has 0 saturated carbocycles. The van der Waals surface area contributed by atoms with E-state index in [0.717, 1.165) is 11.3 Å². The summed E-state index contributed by atoms with van der Waals surface area (Å²) in [6.07, 6.45) is 0.450. The number of rotatable bonds is 4. The number of H-pyrrole nitrogens is 1. The van der Waals surface area contributed by atoms with Crippen molar-refractivity contribution in [2.75, 3.05) is 11.1 Å². The maximum Gasteiger partial charge on any atom is 0.274 e. The number of aromatic amines is 1. The molecule has 0 unspecified atom stereocenters. The van der Waals surface area contributed by atoms with Gasteiger partial charge in [-0.2, -0.15) is 0 Å². The first-order valence-corrected chi connectivity index (χ1v) is 6.83. The maximum atomic E-state index is 12.1. The molecule has 0 atom stereocenters. The third-order valence-electron chi connectivity index (χ3n) is 3.15. The maximum absolute atomic E-state index is 12.1. The summed E-state index contributed by atoms with van der Waals surface area (Å²) in [6, 6.07) is 16.8. The molecule has 4 N–H and O–H groups in total. The van der Waals surface area contributed by atoms with E-state index in [1.807, 2.05) is 30.3 Å². The molecule has 3 rings (SSSR count). The number of hydrogen-bond donors (Lipinski definition) is 3. The zero-order chi connectivity index (χ0) is 15.4. The van der Waals surface area contributed by atoms with Crippen LogP contribution in [0.4, 0.5) is 17.3 Å². The number of nitrogens with zero attached hydrogens (tertiary/aromatic N) is 2. The zero-order valence-electron chi connectivity index (χ0n) is 11.8. The second-order valence-electron chi connectivity index (χ2n) is 4.86. The highest BCUT2D eigenvalue weighted by molar-refractivity contribution is 5.56. The molecule has 0 amide bonds. The Bertz CT molecular complexity index is 812.